The van der Waals surface area contributed by atoms with Gasteiger partial charge in [-0.25, -0.2) is 5.48 Å². The van der Waals surface area contributed by atoms with Gasteiger partial charge in [0.2, 0.25) is 5.91 Å². The largest absolute Gasteiger partial charge is 0.289 e. The number of aromatic nitrogens is 2. The van der Waals surface area contributed by atoms with Crippen molar-refractivity contribution >= 4 is 5.91 Å². The van der Waals surface area contributed by atoms with Crippen LogP contribution in [0.25, 0.3) is 22.5 Å². The van der Waals surface area contributed by atoms with Crippen molar-refractivity contribution in [1.29, 1.82) is 0 Å². The standard InChI is InChI=1S/C24H21N3O2/c28-22(26-29)16-21-23(19-12-6-2-7-13-19)25-27(17-18-10-4-1-5-11-18)24(21)20-14-8-3-9-15-20/h1-15,29H,16-17H2,(H,26,28). The highest BCUT2D eigenvalue weighted by Crippen LogP contribution is 2.33. The molecule has 0 saturated carbocycles. The lowest BCUT2D eigenvalue weighted by atomic mass is 9.99. The summed E-state index contributed by atoms with van der Waals surface area (Å²) < 4.78 is 1.94. The van der Waals surface area contributed by atoms with E-state index in [1.54, 1.807) is 5.48 Å². The zero-order valence-electron chi connectivity index (χ0n) is 15.8. The Kier molecular flexibility index (Phi) is 5.49. The Balaban J connectivity index is 1.92. The number of benzene rings is 3. The van der Waals surface area contributed by atoms with E-state index in [9.17, 15) is 4.79 Å². The van der Waals surface area contributed by atoms with Crippen LogP contribution in [0.4, 0.5) is 0 Å². The van der Waals surface area contributed by atoms with Gasteiger partial charge in [-0.05, 0) is 5.56 Å². The minimum absolute atomic E-state index is 0.0275. The third-order valence-corrected chi connectivity index (χ3v) is 4.78. The molecule has 0 aliphatic carbocycles. The molecule has 5 heteroatoms. The van der Waals surface area contributed by atoms with Crippen LogP contribution in [0.5, 0.6) is 0 Å². The number of hydrogen-bond acceptors (Lipinski definition) is 3. The lowest BCUT2D eigenvalue weighted by Crippen LogP contribution is -2.21. The molecule has 0 aliphatic heterocycles. The number of nitrogens with one attached hydrogen (secondary N) is 1. The second-order valence-corrected chi connectivity index (χ2v) is 6.76. The molecule has 5 nitrogen and oxygen atoms in total. The Labute approximate surface area is 169 Å². The fraction of sp³-hybridized carbons (Fsp3) is 0.0833. The van der Waals surface area contributed by atoms with Crippen LogP contribution in [0.1, 0.15) is 11.1 Å². The average Bonchev–Trinajstić information content (AvgIpc) is 3.13. The monoisotopic (exact) mass is 383 g/mol. The van der Waals surface area contributed by atoms with Crippen molar-refractivity contribution < 1.29 is 10.0 Å². The van der Waals surface area contributed by atoms with Crippen LogP contribution in [0.15, 0.2) is 91.0 Å². The third-order valence-electron chi connectivity index (χ3n) is 4.78. The van der Waals surface area contributed by atoms with Crippen LogP contribution in [0, 0.1) is 0 Å². The number of carbonyl (C=O) groups excluding carboxylic acids is 1. The first kappa shape index (κ1) is 18.7. The van der Waals surface area contributed by atoms with Crippen LogP contribution in [-0.2, 0) is 17.8 Å². The SMILES string of the molecule is O=C(Cc1c(-c2ccccc2)nn(Cc2ccccc2)c1-c1ccccc1)NO. The van der Waals surface area contributed by atoms with Gasteiger partial charge in [-0.3, -0.25) is 14.7 Å². The maximum atomic E-state index is 12.1. The van der Waals surface area contributed by atoms with E-state index in [2.05, 4.69) is 12.1 Å². The lowest BCUT2D eigenvalue weighted by Gasteiger charge is -2.10. The summed E-state index contributed by atoms with van der Waals surface area (Å²) in [5.74, 6) is -0.473. The second kappa shape index (κ2) is 8.54. The molecule has 1 aromatic heterocycles. The first-order chi connectivity index (χ1) is 14.3. The Morgan fingerprint density at radius 1 is 0.828 bits per heavy atom. The molecule has 4 rings (SSSR count). The van der Waals surface area contributed by atoms with Crippen LogP contribution in [0.2, 0.25) is 0 Å². The minimum Gasteiger partial charge on any atom is -0.289 e. The summed E-state index contributed by atoms with van der Waals surface area (Å²) in [6.07, 6.45) is 0.0275. The zero-order valence-corrected chi connectivity index (χ0v) is 15.8. The lowest BCUT2D eigenvalue weighted by molar-refractivity contribution is -0.128. The summed E-state index contributed by atoms with van der Waals surface area (Å²) in [6, 6.07) is 29.8. The molecule has 3 aromatic carbocycles. The predicted molar refractivity (Wildman–Crippen MR) is 112 cm³/mol. The molecule has 0 atom stereocenters. The molecule has 0 saturated heterocycles. The van der Waals surface area contributed by atoms with Gasteiger partial charge in [0.15, 0.2) is 0 Å². The fourth-order valence-electron chi connectivity index (χ4n) is 3.48. The van der Waals surface area contributed by atoms with Crippen LogP contribution in [-0.4, -0.2) is 20.9 Å². The average molecular weight is 383 g/mol. The summed E-state index contributed by atoms with van der Waals surface area (Å²) in [4.78, 5) is 12.1. The van der Waals surface area contributed by atoms with Gasteiger partial charge in [0.05, 0.1) is 24.4 Å². The van der Waals surface area contributed by atoms with E-state index in [0.717, 1.165) is 33.6 Å². The maximum Gasteiger partial charge on any atom is 0.247 e. The van der Waals surface area contributed by atoms with E-state index in [1.165, 1.54) is 0 Å². The van der Waals surface area contributed by atoms with Gasteiger partial charge >= 0.3 is 0 Å². The zero-order chi connectivity index (χ0) is 20.1. The smallest absolute Gasteiger partial charge is 0.247 e. The maximum absolute atomic E-state index is 12.1. The molecule has 1 heterocycles. The van der Waals surface area contributed by atoms with E-state index in [1.807, 2.05) is 83.5 Å². The van der Waals surface area contributed by atoms with E-state index in [-0.39, 0.29) is 6.42 Å². The molecule has 2 N–H and O–H groups in total. The molecule has 0 radical (unpaired) electrons. The topological polar surface area (TPSA) is 67.2 Å². The first-order valence-corrected chi connectivity index (χ1v) is 9.43. The summed E-state index contributed by atoms with van der Waals surface area (Å²) in [7, 11) is 0. The quantitative estimate of drug-likeness (QED) is 0.385. The number of rotatable bonds is 6. The molecule has 0 fully saturated rings. The van der Waals surface area contributed by atoms with Crippen molar-refractivity contribution in [3.8, 4) is 22.5 Å². The normalized spacial score (nSPS) is 10.7. The molecular formula is C24H21N3O2. The van der Waals surface area contributed by atoms with E-state index >= 15 is 0 Å². The number of hydroxylamine groups is 1. The predicted octanol–water partition coefficient (Wildman–Crippen LogP) is 4.31. The third kappa shape index (κ3) is 4.10. The summed E-state index contributed by atoms with van der Waals surface area (Å²) in [5, 5.41) is 14.0. The Morgan fingerprint density at radius 2 is 1.38 bits per heavy atom. The van der Waals surface area contributed by atoms with Gasteiger partial charge in [-0.1, -0.05) is 91.0 Å². The Bertz CT molecular complexity index is 1090. The Hall–Kier alpha value is -3.70. The van der Waals surface area contributed by atoms with Crippen LogP contribution < -0.4 is 5.48 Å². The minimum atomic E-state index is -0.473. The molecule has 0 unspecified atom stereocenters. The van der Waals surface area contributed by atoms with Gasteiger partial charge in [-0.2, -0.15) is 5.10 Å². The van der Waals surface area contributed by atoms with E-state index < -0.39 is 5.91 Å². The van der Waals surface area contributed by atoms with E-state index in [0.29, 0.717) is 6.54 Å². The Morgan fingerprint density at radius 3 is 1.97 bits per heavy atom. The summed E-state index contributed by atoms with van der Waals surface area (Å²) in [5.41, 5.74) is 7.16. The van der Waals surface area contributed by atoms with Gasteiger partial charge in [0.1, 0.15) is 0 Å². The number of hydrogen-bond donors (Lipinski definition) is 2. The van der Waals surface area contributed by atoms with Crippen LogP contribution in [0.3, 0.4) is 0 Å². The first-order valence-electron chi connectivity index (χ1n) is 9.43. The molecule has 144 valence electrons. The highest BCUT2D eigenvalue weighted by molar-refractivity contribution is 5.85. The number of amides is 1. The van der Waals surface area contributed by atoms with Crippen molar-refractivity contribution in [2.45, 2.75) is 13.0 Å². The summed E-state index contributed by atoms with van der Waals surface area (Å²) >= 11 is 0. The molecular weight excluding hydrogens is 362 g/mol. The molecule has 29 heavy (non-hydrogen) atoms. The van der Waals surface area contributed by atoms with Gasteiger partial charge in [0, 0.05) is 16.7 Å². The second-order valence-electron chi connectivity index (χ2n) is 6.76. The number of nitrogens with zero attached hydrogens (tertiary/aromatic N) is 2. The molecule has 0 spiro atoms. The highest BCUT2D eigenvalue weighted by atomic mass is 16.5. The van der Waals surface area contributed by atoms with Gasteiger partial charge in [0.25, 0.3) is 0 Å². The summed E-state index contributed by atoms with van der Waals surface area (Å²) in [6.45, 7) is 0.575. The van der Waals surface area contributed by atoms with Crippen molar-refractivity contribution in [2.75, 3.05) is 0 Å². The van der Waals surface area contributed by atoms with Crippen molar-refractivity contribution in [3.63, 3.8) is 0 Å². The fourth-order valence-corrected chi connectivity index (χ4v) is 3.48. The van der Waals surface area contributed by atoms with Crippen LogP contribution >= 0.6 is 0 Å². The molecule has 4 aromatic rings. The van der Waals surface area contributed by atoms with Crippen molar-refractivity contribution in [3.05, 3.63) is 102 Å². The highest BCUT2D eigenvalue weighted by Gasteiger charge is 2.22. The van der Waals surface area contributed by atoms with Crippen molar-refractivity contribution in [2.24, 2.45) is 0 Å². The molecule has 1 amide bonds. The van der Waals surface area contributed by atoms with Gasteiger partial charge in [-0.15, -0.1) is 0 Å². The van der Waals surface area contributed by atoms with Gasteiger partial charge < -0.3 is 0 Å². The molecule has 0 aliphatic rings. The molecule has 0 bridgehead atoms. The van der Waals surface area contributed by atoms with E-state index in [4.69, 9.17) is 10.3 Å². The van der Waals surface area contributed by atoms with Crippen molar-refractivity contribution in [1.82, 2.24) is 15.3 Å². The number of carbonyl (C=O) groups is 1.